The average molecular weight is 321 g/mol. The lowest BCUT2D eigenvalue weighted by atomic mass is 10.0. The SMILES string of the molecule is Cn1cc(C(=O)N2CCCC2c2ccccc2)c2cc[nH]c2c1=O. The quantitative estimate of drug-likeness (QED) is 0.789. The van der Waals surface area contributed by atoms with Crippen LogP contribution >= 0.6 is 0 Å². The summed E-state index contributed by atoms with van der Waals surface area (Å²) in [6, 6.07) is 12.1. The van der Waals surface area contributed by atoms with Crippen LogP contribution in [0.5, 0.6) is 0 Å². The molecule has 3 heterocycles. The van der Waals surface area contributed by atoms with Crippen LogP contribution in [0.3, 0.4) is 0 Å². The van der Waals surface area contributed by atoms with E-state index in [1.54, 1.807) is 25.5 Å². The summed E-state index contributed by atoms with van der Waals surface area (Å²) in [5.41, 5.74) is 2.11. The summed E-state index contributed by atoms with van der Waals surface area (Å²) < 4.78 is 1.47. The highest BCUT2D eigenvalue weighted by molar-refractivity contribution is 6.06. The topological polar surface area (TPSA) is 58.1 Å². The van der Waals surface area contributed by atoms with Crippen molar-refractivity contribution in [2.24, 2.45) is 7.05 Å². The van der Waals surface area contributed by atoms with Crippen LogP contribution in [0.1, 0.15) is 34.8 Å². The van der Waals surface area contributed by atoms with Crippen molar-refractivity contribution in [1.82, 2.24) is 14.5 Å². The minimum atomic E-state index is -0.118. The highest BCUT2D eigenvalue weighted by Crippen LogP contribution is 2.33. The molecule has 0 spiro atoms. The number of amides is 1. The number of nitrogens with zero attached hydrogens (tertiary/aromatic N) is 2. The third-order valence-electron chi connectivity index (χ3n) is 4.82. The van der Waals surface area contributed by atoms with E-state index in [2.05, 4.69) is 17.1 Å². The van der Waals surface area contributed by atoms with Crippen molar-refractivity contribution in [3.63, 3.8) is 0 Å². The lowest BCUT2D eigenvalue weighted by Crippen LogP contribution is -2.32. The maximum Gasteiger partial charge on any atom is 0.274 e. The van der Waals surface area contributed by atoms with Crippen LogP contribution in [0.15, 0.2) is 53.6 Å². The molecule has 5 heteroatoms. The Hall–Kier alpha value is -2.82. The first-order valence-electron chi connectivity index (χ1n) is 8.19. The molecule has 0 aliphatic carbocycles. The molecular weight excluding hydrogens is 302 g/mol. The highest BCUT2D eigenvalue weighted by Gasteiger charge is 2.31. The zero-order chi connectivity index (χ0) is 16.7. The van der Waals surface area contributed by atoms with Gasteiger partial charge in [-0.2, -0.15) is 0 Å². The van der Waals surface area contributed by atoms with Gasteiger partial charge in [0.15, 0.2) is 0 Å². The minimum absolute atomic E-state index is 0.0125. The summed E-state index contributed by atoms with van der Waals surface area (Å²) in [6.07, 6.45) is 5.33. The van der Waals surface area contributed by atoms with E-state index >= 15 is 0 Å². The van der Waals surface area contributed by atoms with Gasteiger partial charge in [-0.1, -0.05) is 30.3 Å². The van der Waals surface area contributed by atoms with Gasteiger partial charge in [-0.3, -0.25) is 9.59 Å². The van der Waals surface area contributed by atoms with E-state index in [4.69, 9.17) is 0 Å². The van der Waals surface area contributed by atoms with Crippen molar-refractivity contribution in [3.05, 3.63) is 70.3 Å². The minimum Gasteiger partial charge on any atom is -0.357 e. The van der Waals surface area contributed by atoms with Gasteiger partial charge in [0.25, 0.3) is 11.5 Å². The summed E-state index contributed by atoms with van der Waals surface area (Å²) in [4.78, 5) is 30.3. The number of rotatable bonds is 2. The van der Waals surface area contributed by atoms with Crippen LogP contribution < -0.4 is 5.56 Å². The van der Waals surface area contributed by atoms with Crippen LogP contribution in [0.2, 0.25) is 0 Å². The molecule has 1 fully saturated rings. The standard InChI is InChI=1S/C19H19N3O2/c1-21-12-15(14-9-10-20-17(14)19(21)24)18(23)22-11-5-8-16(22)13-6-3-2-4-7-13/h2-4,6-7,9-10,12,16,20H,5,8,11H2,1H3. The van der Waals surface area contributed by atoms with E-state index in [0.29, 0.717) is 16.5 Å². The fourth-order valence-electron chi connectivity index (χ4n) is 3.63. The summed E-state index contributed by atoms with van der Waals surface area (Å²) in [7, 11) is 1.68. The number of benzene rings is 1. The fourth-order valence-corrected chi connectivity index (χ4v) is 3.63. The van der Waals surface area contributed by atoms with Gasteiger partial charge in [0.05, 0.1) is 11.6 Å². The van der Waals surface area contributed by atoms with Crippen molar-refractivity contribution in [2.45, 2.75) is 18.9 Å². The van der Waals surface area contributed by atoms with E-state index in [1.165, 1.54) is 10.1 Å². The van der Waals surface area contributed by atoms with Crippen molar-refractivity contribution < 1.29 is 4.79 Å². The molecule has 1 unspecified atom stereocenters. The second kappa shape index (κ2) is 5.67. The van der Waals surface area contributed by atoms with Crippen molar-refractivity contribution >= 4 is 16.8 Å². The molecule has 1 saturated heterocycles. The number of likely N-dealkylation sites (tertiary alicyclic amines) is 1. The highest BCUT2D eigenvalue weighted by atomic mass is 16.2. The molecule has 1 atom stereocenters. The number of aromatic amines is 1. The lowest BCUT2D eigenvalue weighted by Gasteiger charge is -2.25. The Kier molecular flexibility index (Phi) is 3.49. The lowest BCUT2D eigenvalue weighted by molar-refractivity contribution is 0.0737. The number of aryl methyl sites for hydroxylation is 1. The first-order chi connectivity index (χ1) is 11.7. The zero-order valence-electron chi connectivity index (χ0n) is 13.5. The number of aromatic nitrogens is 2. The molecule has 4 rings (SSSR count). The molecule has 0 saturated carbocycles. The number of H-pyrrole nitrogens is 1. The predicted octanol–water partition coefficient (Wildman–Crippen LogP) is 2.84. The number of hydrogen-bond donors (Lipinski definition) is 1. The van der Waals surface area contributed by atoms with E-state index in [9.17, 15) is 9.59 Å². The Balaban J connectivity index is 1.78. The first kappa shape index (κ1) is 14.8. The molecule has 1 aliphatic rings. The molecule has 1 amide bonds. The van der Waals surface area contributed by atoms with E-state index < -0.39 is 0 Å². The number of pyridine rings is 1. The van der Waals surface area contributed by atoms with E-state index in [0.717, 1.165) is 19.4 Å². The van der Waals surface area contributed by atoms with Gasteiger partial charge >= 0.3 is 0 Å². The van der Waals surface area contributed by atoms with Crippen LogP contribution in [-0.4, -0.2) is 26.9 Å². The van der Waals surface area contributed by atoms with Gasteiger partial charge in [0.1, 0.15) is 5.52 Å². The molecule has 1 aromatic carbocycles. The first-order valence-corrected chi connectivity index (χ1v) is 8.19. The molecule has 2 aromatic heterocycles. The monoisotopic (exact) mass is 321 g/mol. The van der Waals surface area contributed by atoms with Crippen LogP contribution in [-0.2, 0) is 7.05 Å². The van der Waals surface area contributed by atoms with E-state index in [-0.39, 0.29) is 17.5 Å². The third-order valence-corrected chi connectivity index (χ3v) is 4.82. The van der Waals surface area contributed by atoms with Gasteiger partial charge in [-0.05, 0) is 24.5 Å². The normalized spacial score (nSPS) is 17.5. The largest absolute Gasteiger partial charge is 0.357 e. The third kappa shape index (κ3) is 2.24. The smallest absolute Gasteiger partial charge is 0.274 e. The average Bonchev–Trinajstić information content (AvgIpc) is 3.27. The summed E-state index contributed by atoms with van der Waals surface area (Å²) in [5, 5.41) is 0.696. The van der Waals surface area contributed by atoms with Gasteiger partial charge in [0, 0.05) is 31.4 Å². The molecule has 0 bridgehead atoms. The van der Waals surface area contributed by atoms with Crippen molar-refractivity contribution in [2.75, 3.05) is 6.54 Å². The maximum absolute atomic E-state index is 13.2. The molecule has 24 heavy (non-hydrogen) atoms. The molecule has 3 aromatic rings. The Labute approximate surface area is 139 Å². The number of carbonyl (C=O) groups excluding carboxylic acids is 1. The second-order valence-electron chi connectivity index (χ2n) is 6.29. The fraction of sp³-hybridized carbons (Fsp3) is 0.263. The zero-order valence-corrected chi connectivity index (χ0v) is 13.5. The second-order valence-corrected chi connectivity index (χ2v) is 6.29. The van der Waals surface area contributed by atoms with Gasteiger partial charge < -0.3 is 14.5 Å². The number of nitrogens with one attached hydrogen (secondary N) is 1. The number of carbonyl (C=O) groups is 1. The Bertz CT molecular complexity index is 956. The van der Waals surface area contributed by atoms with Gasteiger partial charge in [0.2, 0.25) is 0 Å². The number of hydrogen-bond acceptors (Lipinski definition) is 2. The van der Waals surface area contributed by atoms with E-state index in [1.807, 2.05) is 23.1 Å². The number of fused-ring (bicyclic) bond motifs is 1. The van der Waals surface area contributed by atoms with Gasteiger partial charge in [-0.15, -0.1) is 0 Å². The maximum atomic E-state index is 13.2. The Morgan fingerprint density at radius 2 is 2.00 bits per heavy atom. The van der Waals surface area contributed by atoms with Crippen LogP contribution in [0, 0.1) is 0 Å². The van der Waals surface area contributed by atoms with Crippen LogP contribution in [0.25, 0.3) is 10.9 Å². The molecule has 1 aliphatic heterocycles. The van der Waals surface area contributed by atoms with Crippen LogP contribution in [0.4, 0.5) is 0 Å². The van der Waals surface area contributed by atoms with Crippen molar-refractivity contribution in [3.8, 4) is 0 Å². The molecule has 5 nitrogen and oxygen atoms in total. The summed E-state index contributed by atoms with van der Waals surface area (Å²) in [5.74, 6) is -0.0125. The van der Waals surface area contributed by atoms with Crippen molar-refractivity contribution in [1.29, 1.82) is 0 Å². The Morgan fingerprint density at radius 1 is 1.21 bits per heavy atom. The molecule has 122 valence electrons. The summed E-state index contributed by atoms with van der Waals surface area (Å²) in [6.45, 7) is 0.743. The molecular formula is C19H19N3O2. The predicted molar refractivity (Wildman–Crippen MR) is 93.0 cm³/mol. The molecule has 1 N–H and O–H groups in total. The Morgan fingerprint density at radius 3 is 2.79 bits per heavy atom. The van der Waals surface area contributed by atoms with Gasteiger partial charge in [-0.25, -0.2) is 0 Å². The molecule has 0 radical (unpaired) electrons. The summed E-state index contributed by atoms with van der Waals surface area (Å²) >= 11 is 0.